The number of ether oxygens (including phenoxy) is 2. The molecule has 3 rings (SSSR count). The quantitative estimate of drug-likeness (QED) is 0.746. The minimum atomic E-state index is 0.0402. The molecule has 0 radical (unpaired) electrons. The third kappa shape index (κ3) is 3.87. The van der Waals surface area contributed by atoms with E-state index < -0.39 is 0 Å². The molecule has 0 spiro atoms. The van der Waals surface area contributed by atoms with Crippen LogP contribution in [0, 0.1) is 5.41 Å². The summed E-state index contributed by atoms with van der Waals surface area (Å²) < 4.78 is 11.6. The van der Waals surface area contributed by atoms with Gasteiger partial charge in [-0.15, -0.1) is 0 Å². The molecule has 0 bridgehead atoms. The second kappa shape index (κ2) is 7.68. The van der Waals surface area contributed by atoms with E-state index >= 15 is 0 Å². The van der Waals surface area contributed by atoms with Crippen LogP contribution in [0.4, 0.5) is 5.69 Å². The molecular formula is C21H30N2O3. The van der Waals surface area contributed by atoms with Gasteiger partial charge in [-0.1, -0.05) is 27.2 Å². The molecule has 1 unspecified atom stereocenters. The molecule has 1 aromatic rings. The summed E-state index contributed by atoms with van der Waals surface area (Å²) in [6, 6.07) is 3.74. The summed E-state index contributed by atoms with van der Waals surface area (Å²) in [5, 5.41) is 0. The molecule has 1 fully saturated rings. The number of fused-ring (bicyclic) bond motifs is 2. The Morgan fingerprint density at radius 3 is 2.81 bits per heavy atom. The predicted molar refractivity (Wildman–Crippen MR) is 104 cm³/mol. The molecule has 1 amide bonds. The van der Waals surface area contributed by atoms with Gasteiger partial charge in [0.1, 0.15) is 0 Å². The van der Waals surface area contributed by atoms with Crippen LogP contribution in [-0.2, 0) is 0 Å². The van der Waals surface area contributed by atoms with E-state index in [1.165, 1.54) is 0 Å². The number of methoxy groups -OCH3 is 1. The smallest absolute Gasteiger partial charge is 0.256 e. The van der Waals surface area contributed by atoms with Crippen molar-refractivity contribution >= 4 is 17.8 Å². The Balaban J connectivity index is 1.90. The highest BCUT2D eigenvalue weighted by molar-refractivity contribution is 6.03. The van der Waals surface area contributed by atoms with Crippen molar-refractivity contribution < 1.29 is 14.3 Å². The minimum Gasteiger partial charge on any atom is -0.493 e. The van der Waals surface area contributed by atoms with Crippen molar-refractivity contribution in [3.8, 4) is 11.5 Å². The Morgan fingerprint density at radius 1 is 1.27 bits per heavy atom. The normalized spacial score (nSPS) is 19.6. The molecule has 1 aromatic carbocycles. The third-order valence-electron chi connectivity index (χ3n) is 5.25. The van der Waals surface area contributed by atoms with Crippen LogP contribution >= 0.6 is 0 Å². The zero-order valence-corrected chi connectivity index (χ0v) is 16.4. The molecule has 2 heterocycles. The number of benzene rings is 1. The van der Waals surface area contributed by atoms with Crippen molar-refractivity contribution in [2.75, 3.05) is 20.3 Å². The summed E-state index contributed by atoms with van der Waals surface area (Å²) >= 11 is 0. The summed E-state index contributed by atoms with van der Waals surface area (Å²) in [4.78, 5) is 19.6. The Hall–Kier alpha value is -2.04. The third-order valence-corrected chi connectivity index (χ3v) is 5.25. The number of piperidine rings is 1. The number of nitrogens with zero attached hydrogens (tertiary/aromatic N) is 2. The van der Waals surface area contributed by atoms with Crippen LogP contribution in [0.2, 0.25) is 0 Å². The van der Waals surface area contributed by atoms with Gasteiger partial charge in [-0.3, -0.25) is 9.79 Å². The lowest BCUT2D eigenvalue weighted by atomic mass is 9.89. The van der Waals surface area contributed by atoms with Crippen molar-refractivity contribution in [3.05, 3.63) is 17.7 Å². The molecule has 2 aliphatic rings. The Labute approximate surface area is 156 Å². The SMILES string of the molecule is CCCC(C)(C)COc1cc2c(cc1OC)C(=O)N1CCCCC1C=N2. The van der Waals surface area contributed by atoms with Crippen molar-refractivity contribution in [1.82, 2.24) is 4.90 Å². The van der Waals surface area contributed by atoms with Gasteiger partial charge in [-0.25, -0.2) is 0 Å². The second-order valence-corrected chi connectivity index (χ2v) is 8.06. The van der Waals surface area contributed by atoms with Crippen molar-refractivity contribution in [2.45, 2.75) is 58.9 Å². The number of aliphatic imine (C=N–C) groups is 1. The van der Waals surface area contributed by atoms with Crippen LogP contribution in [0.25, 0.3) is 0 Å². The van der Waals surface area contributed by atoms with E-state index in [-0.39, 0.29) is 17.4 Å². The van der Waals surface area contributed by atoms with Gasteiger partial charge < -0.3 is 14.4 Å². The van der Waals surface area contributed by atoms with Gasteiger partial charge in [0.25, 0.3) is 5.91 Å². The lowest BCUT2D eigenvalue weighted by molar-refractivity contribution is 0.0687. The van der Waals surface area contributed by atoms with Gasteiger partial charge in [0.05, 0.1) is 31.0 Å². The zero-order chi connectivity index (χ0) is 18.7. The fourth-order valence-corrected chi connectivity index (χ4v) is 3.81. The van der Waals surface area contributed by atoms with Crippen molar-refractivity contribution in [2.24, 2.45) is 10.4 Å². The molecule has 1 atom stereocenters. The van der Waals surface area contributed by atoms with Crippen LogP contribution in [0.3, 0.4) is 0 Å². The Bertz CT molecular complexity index is 697. The number of rotatable bonds is 6. The molecule has 26 heavy (non-hydrogen) atoms. The highest BCUT2D eigenvalue weighted by Gasteiger charge is 2.31. The number of hydrogen-bond donors (Lipinski definition) is 0. The summed E-state index contributed by atoms with van der Waals surface area (Å²) in [6.07, 6.45) is 7.30. The Kier molecular flexibility index (Phi) is 5.54. The average molecular weight is 358 g/mol. The molecular weight excluding hydrogens is 328 g/mol. The van der Waals surface area contributed by atoms with Crippen molar-refractivity contribution in [3.63, 3.8) is 0 Å². The van der Waals surface area contributed by atoms with Crippen LogP contribution in [0.5, 0.6) is 11.5 Å². The zero-order valence-electron chi connectivity index (χ0n) is 16.4. The van der Waals surface area contributed by atoms with Crippen LogP contribution in [0.15, 0.2) is 17.1 Å². The summed E-state index contributed by atoms with van der Waals surface area (Å²) in [7, 11) is 1.61. The average Bonchev–Trinajstić information content (AvgIpc) is 2.76. The first-order valence-electron chi connectivity index (χ1n) is 9.65. The molecule has 5 nitrogen and oxygen atoms in total. The summed E-state index contributed by atoms with van der Waals surface area (Å²) in [6.45, 7) is 7.97. The number of hydrogen-bond acceptors (Lipinski definition) is 4. The van der Waals surface area contributed by atoms with Crippen LogP contribution in [-0.4, -0.2) is 43.3 Å². The monoisotopic (exact) mass is 358 g/mol. The van der Waals surface area contributed by atoms with E-state index in [4.69, 9.17) is 9.47 Å². The van der Waals surface area contributed by atoms with Gasteiger partial charge in [-0.05, 0) is 37.2 Å². The second-order valence-electron chi connectivity index (χ2n) is 8.06. The van der Waals surface area contributed by atoms with E-state index in [0.717, 1.165) is 38.6 Å². The van der Waals surface area contributed by atoms with E-state index in [1.54, 1.807) is 13.2 Å². The topological polar surface area (TPSA) is 51.1 Å². The van der Waals surface area contributed by atoms with E-state index in [9.17, 15) is 4.79 Å². The highest BCUT2D eigenvalue weighted by atomic mass is 16.5. The van der Waals surface area contributed by atoms with E-state index in [1.807, 2.05) is 17.2 Å². The molecule has 0 aromatic heterocycles. The van der Waals surface area contributed by atoms with E-state index in [2.05, 4.69) is 25.8 Å². The largest absolute Gasteiger partial charge is 0.493 e. The molecule has 142 valence electrons. The predicted octanol–water partition coefficient (Wildman–Crippen LogP) is 4.61. The number of carbonyl (C=O) groups is 1. The van der Waals surface area contributed by atoms with Crippen LogP contribution in [0.1, 0.15) is 63.2 Å². The molecule has 0 aliphatic carbocycles. The van der Waals surface area contributed by atoms with E-state index in [0.29, 0.717) is 29.4 Å². The first-order valence-corrected chi connectivity index (χ1v) is 9.65. The van der Waals surface area contributed by atoms with Crippen LogP contribution < -0.4 is 9.47 Å². The first-order chi connectivity index (χ1) is 12.4. The summed E-state index contributed by atoms with van der Waals surface area (Å²) in [5.41, 5.74) is 1.36. The maximum atomic E-state index is 13.0. The lowest BCUT2D eigenvalue weighted by Gasteiger charge is -2.32. The fourth-order valence-electron chi connectivity index (χ4n) is 3.81. The van der Waals surface area contributed by atoms with Gasteiger partial charge in [0.15, 0.2) is 11.5 Å². The maximum absolute atomic E-state index is 13.0. The van der Waals surface area contributed by atoms with Crippen molar-refractivity contribution in [1.29, 1.82) is 0 Å². The molecule has 0 N–H and O–H groups in total. The number of amides is 1. The van der Waals surface area contributed by atoms with Gasteiger partial charge >= 0.3 is 0 Å². The summed E-state index contributed by atoms with van der Waals surface area (Å²) in [5.74, 6) is 1.29. The number of carbonyl (C=O) groups excluding carboxylic acids is 1. The Morgan fingerprint density at radius 2 is 2.08 bits per heavy atom. The van der Waals surface area contributed by atoms with Gasteiger partial charge in [0.2, 0.25) is 0 Å². The van der Waals surface area contributed by atoms with Gasteiger partial charge in [0, 0.05) is 18.8 Å². The maximum Gasteiger partial charge on any atom is 0.256 e. The standard InChI is InChI=1S/C21H30N2O3/c1-5-9-21(2,3)14-26-19-12-17-16(11-18(19)25-4)20(24)23-10-7-6-8-15(23)13-22-17/h11-13,15H,5-10,14H2,1-4H3. The van der Waals surface area contributed by atoms with Gasteiger partial charge in [-0.2, -0.15) is 0 Å². The lowest BCUT2D eigenvalue weighted by Crippen LogP contribution is -2.43. The molecule has 5 heteroatoms. The highest BCUT2D eigenvalue weighted by Crippen LogP contribution is 2.38. The molecule has 2 aliphatic heterocycles. The molecule has 0 saturated carbocycles. The molecule has 1 saturated heterocycles. The fraction of sp³-hybridized carbons (Fsp3) is 0.619. The minimum absolute atomic E-state index is 0.0402. The first kappa shape index (κ1) is 18.7.